The first kappa shape index (κ1) is 14.9. The molecule has 0 aromatic heterocycles. The summed E-state index contributed by atoms with van der Waals surface area (Å²) in [4.78, 5) is 12.3. The van der Waals surface area contributed by atoms with Crippen molar-refractivity contribution in [1.29, 1.82) is 0 Å². The Balaban J connectivity index is 1.72. The van der Waals surface area contributed by atoms with Gasteiger partial charge in [-0.15, -0.1) is 0 Å². The van der Waals surface area contributed by atoms with E-state index in [-0.39, 0.29) is 17.6 Å². The van der Waals surface area contributed by atoms with E-state index in [2.05, 4.69) is 5.32 Å². The van der Waals surface area contributed by atoms with Crippen LogP contribution in [0.4, 0.5) is 10.1 Å². The molecule has 1 aliphatic heterocycles. The van der Waals surface area contributed by atoms with Crippen LogP contribution in [-0.4, -0.2) is 12.5 Å². The summed E-state index contributed by atoms with van der Waals surface area (Å²) < 4.78 is 19.1. The van der Waals surface area contributed by atoms with Crippen molar-refractivity contribution in [2.75, 3.05) is 11.9 Å². The van der Waals surface area contributed by atoms with E-state index in [9.17, 15) is 9.18 Å². The van der Waals surface area contributed by atoms with E-state index in [4.69, 9.17) is 16.3 Å². The number of halogens is 2. The summed E-state index contributed by atoms with van der Waals surface area (Å²) in [6, 6.07) is 10.0. The lowest BCUT2D eigenvalue weighted by Gasteiger charge is -2.24. The Kier molecular flexibility index (Phi) is 4.03. The van der Waals surface area contributed by atoms with E-state index < -0.39 is 0 Å². The number of carbonyl (C=O) groups is 1. The standard InChI is InChI=1S/C17H15ClFNO2/c1-10-2-4-14(8-15(10)19)20-17(21)12-6-11-7-13(18)3-5-16(11)22-9-12/h2-5,7-8,12H,6,9H2,1H3,(H,20,21)/t12-/m0/s1. The molecular formula is C17H15ClFNO2. The van der Waals surface area contributed by atoms with Crippen molar-refractivity contribution >= 4 is 23.2 Å². The summed E-state index contributed by atoms with van der Waals surface area (Å²) in [5.74, 6) is -0.0890. The van der Waals surface area contributed by atoms with E-state index >= 15 is 0 Å². The SMILES string of the molecule is Cc1ccc(NC(=O)[C@@H]2COc3ccc(Cl)cc3C2)cc1F. The van der Waals surface area contributed by atoms with Crippen LogP contribution in [0.3, 0.4) is 0 Å². The van der Waals surface area contributed by atoms with Crippen LogP contribution < -0.4 is 10.1 Å². The molecule has 2 aromatic rings. The molecule has 1 heterocycles. The maximum Gasteiger partial charge on any atom is 0.231 e. The summed E-state index contributed by atoms with van der Waals surface area (Å²) in [7, 11) is 0. The van der Waals surface area contributed by atoms with E-state index in [0.717, 1.165) is 11.3 Å². The van der Waals surface area contributed by atoms with Crippen molar-refractivity contribution in [3.8, 4) is 5.75 Å². The topological polar surface area (TPSA) is 38.3 Å². The normalized spacial score (nSPS) is 16.6. The molecule has 0 fully saturated rings. The zero-order chi connectivity index (χ0) is 15.7. The van der Waals surface area contributed by atoms with Gasteiger partial charge in [0.1, 0.15) is 18.2 Å². The van der Waals surface area contributed by atoms with Crippen molar-refractivity contribution < 1.29 is 13.9 Å². The summed E-state index contributed by atoms with van der Waals surface area (Å²) in [5, 5.41) is 3.35. The van der Waals surface area contributed by atoms with Gasteiger partial charge in [-0.3, -0.25) is 4.79 Å². The summed E-state index contributed by atoms with van der Waals surface area (Å²) >= 11 is 5.97. The zero-order valence-corrected chi connectivity index (χ0v) is 12.8. The number of amides is 1. The fourth-order valence-electron chi connectivity index (χ4n) is 2.45. The molecule has 0 aliphatic carbocycles. The van der Waals surface area contributed by atoms with Crippen molar-refractivity contribution in [2.45, 2.75) is 13.3 Å². The Hall–Kier alpha value is -2.07. The Bertz CT molecular complexity index is 733. The summed E-state index contributed by atoms with van der Waals surface area (Å²) in [5.41, 5.74) is 1.90. The van der Waals surface area contributed by atoms with Crippen LogP contribution in [0.2, 0.25) is 5.02 Å². The van der Waals surface area contributed by atoms with Crippen LogP contribution in [0.15, 0.2) is 36.4 Å². The van der Waals surface area contributed by atoms with Gasteiger partial charge in [-0.25, -0.2) is 4.39 Å². The smallest absolute Gasteiger partial charge is 0.231 e. The highest BCUT2D eigenvalue weighted by Gasteiger charge is 2.26. The van der Waals surface area contributed by atoms with E-state index in [0.29, 0.717) is 29.3 Å². The third kappa shape index (κ3) is 3.07. The molecule has 2 aromatic carbocycles. The third-order valence-corrected chi connectivity index (χ3v) is 3.97. The number of nitrogens with one attached hydrogen (secondary N) is 1. The highest BCUT2D eigenvalue weighted by Crippen LogP contribution is 2.30. The highest BCUT2D eigenvalue weighted by atomic mass is 35.5. The second kappa shape index (κ2) is 5.97. The molecule has 22 heavy (non-hydrogen) atoms. The predicted molar refractivity (Wildman–Crippen MR) is 83.9 cm³/mol. The van der Waals surface area contributed by atoms with Crippen LogP contribution in [-0.2, 0) is 11.2 Å². The molecular weight excluding hydrogens is 305 g/mol. The van der Waals surface area contributed by atoms with E-state index in [1.807, 2.05) is 6.07 Å². The van der Waals surface area contributed by atoms with Gasteiger partial charge in [-0.05, 0) is 54.8 Å². The zero-order valence-electron chi connectivity index (χ0n) is 12.0. The monoisotopic (exact) mass is 319 g/mol. The third-order valence-electron chi connectivity index (χ3n) is 3.74. The average Bonchev–Trinajstić information content (AvgIpc) is 2.50. The minimum Gasteiger partial charge on any atom is -0.492 e. The van der Waals surface area contributed by atoms with Gasteiger partial charge in [0.05, 0.1) is 5.92 Å². The minimum absolute atomic E-state index is 0.186. The maximum absolute atomic E-state index is 13.5. The molecule has 0 saturated heterocycles. The molecule has 0 bridgehead atoms. The molecule has 3 rings (SSSR count). The van der Waals surface area contributed by atoms with Gasteiger partial charge in [-0.2, -0.15) is 0 Å². The molecule has 0 spiro atoms. The second-order valence-corrected chi connectivity index (χ2v) is 5.85. The Labute approximate surface area is 133 Å². The van der Waals surface area contributed by atoms with Gasteiger partial charge >= 0.3 is 0 Å². The largest absolute Gasteiger partial charge is 0.492 e. The number of anilines is 1. The molecule has 114 valence electrons. The van der Waals surface area contributed by atoms with Crippen LogP contribution in [0.5, 0.6) is 5.75 Å². The Morgan fingerprint density at radius 3 is 2.91 bits per heavy atom. The summed E-state index contributed by atoms with van der Waals surface area (Å²) in [6.07, 6.45) is 0.552. The lowest BCUT2D eigenvalue weighted by Crippen LogP contribution is -2.32. The fraction of sp³-hybridized carbons (Fsp3) is 0.235. The molecule has 1 atom stereocenters. The van der Waals surface area contributed by atoms with Crippen LogP contribution in [0.1, 0.15) is 11.1 Å². The van der Waals surface area contributed by atoms with Crippen molar-refractivity contribution in [2.24, 2.45) is 5.92 Å². The van der Waals surface area contributed by atoms with Gasteiger partial charge in [0, 0.05) is 10.7 Å². The van der Waals surface area contributed by atoms with E-state index in [1.54, 1.807) is 31.2 Å². The quantitative estimate of drug-likeness (QED) is 0.909. The van der Waals surface area contributed by atoms with Crippen LogP contribution >= 0.6 is 11.6 Å². The van der Waals surface area contributed by atoms with Gasteiger partial charge in [-0.1, -0.05) is 17.7 Å². The first-order chi connectivity index (χ1) is 10.5. The number of fused-ring (bicyclic) bond motifs is 1. The molecule has 1 aliphatic rings. The number of hydrogen-bond donors (Lipinski definition) is 1. The number of benzene rings is 2. The molecule has 0 unspecified atom stereocenters. The van der Waals surface area contributed by atoms with Crippen molar-refractivity contribution in [3.05, 3.63) is 58.4 Å². The second-order valence-electron chi connectivity index (χ2n) is 5.42. The Morgan fingerprint density at radius 1 is 1.32 bits per heavy atom. The van der Waals surface area contributed by atoms with Crippen molar-refractivity contribution in [3.63, 3.8) is 0 Å². The summed E-state index contributed by atoms with van der Waals surface area (Å²) in [6.45, 7) is 1.98. The molecule has 5 heteroatoms. The van der Waals surface area contributed by atoms with Gasteiger partial charge < -0.3 is 10.1 Å². The lowest BCUT2D eigenvalue weighted by atomic mass is 9.96. The number of carbonyl (C=O) groups excluding carboxylic acids is 1. The lowest BCUT2D eigenvalue weighted by molar-refractivity contribution is -0.121. The van der Waals surface area contributed by atoms with Crippen LogP contribution in [0.25, 0.3) is 0 Å². The number of ether oxygens (including phenoxy) is 1. The van der Waals surface area contributed by atoms with Gasteiger partial charge in [0.25, 0.3) is 0 Å². The highest BCUT2D eigenvalue weighted by molar-refractivity contribution is 6.30. The van der Waals surface area contributed by atoms with Gasteiger partial charge in [0.15, 0.2) is 0 Å². The number of rotatable bonds is 2. The first-order valence-electron chi connectivity index (χ1n) is 7.01. The molecule has 1 N–H and O–H groups in total. The van der Waals surface area contributed by atoms with Gasteiger partial charge in [0.2, 0.25) is 5.91 Å². The molecule has 0 saturated carbocycles. The first-order valence-corrected chi connectivity index (χ1v) is 7.39. The van der Waals surface area contributed by atoms with E-state index in [1.165, 1.54) is 6.07 Å². The average molecular weight is 320 g/mol. The fourth-order valence-corrected chi connectivity index (χ4v) is 2.64. The maximum atomic E-state index is 13.5. The van der Waals surface area contributed by atoms with Crippen LogP contribution in [0, 0.1) is 18.7 Å². The predicted octanol–water partition coefficient (Wildman–Crippen LogP) is 3.98. The minimum atomic E-state index is -0.338. The molecule has 1 amide bonds. The number of aryl methyl sites for hydroxylation is 1. The molecule has 0 radical (unpaired) electrons. The molecule has 3 nitrogen and oxygen atoms in total. The Morgan fingerprint density at radius 2 is 2.14 bits per heavy atom. The van der Waals surface area contributed by atoms with Crippen molar-refractivity contribution in [1.82, 2.24) is 0 Å². The number of hydrogen-bond acceptors (Lipinski definition) is 2.